The summed E-state index contributed by atoms with van der Waals surface area (Å²) in [5.74, 6) is -0.365. The molecule has 0 radical (unpaired) electrons. The van der Waals surface area contributed by atoms with Gasteiger partial charge in [-0.25, -0.2) is 0 Å². The molecule has 0 aliphatic carbocycles. The lowest BCUT2D eigenvalue weighted by Gasteiger charge is -2.11. The van der Waals surface area contributed by atoms with Gasteiger partial charge in [0.05, 0.1) is 0 Å². The normalized spacial score (nSPS) is 12.5. The standard InChI is InChI=1S/C11H16N2O/c1-7-3-4-9(5-8(7)2)10(12)6-11(13)14/h3-5,10H,6,12H2,1-2H3,(H2,13,14)/t10-/m1/s1. The number of primary amides is 1. The molecule has 0 saturated carbocycles. The Bertz CT molecular complexity index is 347. The predicted molar refractivity (Wildman–Crippen MR) is 56.7 cm³/mol. The maximum absolute atomic E-state index is 10.7. The van der Waals surface area contributed by atoms with E-state index < -0.39 is 0 Å². The first-order chi connectivity index (χ1) is 6.50. The Kier molecular flexibility index (Phi) is 3.25. The van der Waals surface area contributed by atoms with Gasteiger partial charge in [-0.15, -0.1) is 0 Å². The van der Waals surface area contributed by atoms with Gasteiger partial charge in [-0.3, -0.25) is 4.79 Å². The Balaban J connectivity index is 2.85. The van der Waals surface area contributed by atoms with Crippen LogP contribution in [0.3, 0.4) is 0 Å². The molecule has 0 fully saturated rings. The summed E-state index contributed by atoms with van der Waals surface area (Å²) in [7, 11) is 0. The molecule has 0 aliphatic heterocycles. The topological polar surface area (TPSA) is 69.1 Å². The zero-order valence-electron chi connectivity index (χ0n) is 8.58. The molecule has 1 aromatic carbocycles. The van der Waals surface area contributed by atoms with Crippen LogP contribution in [-0.4, -0.2) is 5.91 Å². The van der Waals surface area contributed by atoms with E-state index in [1.54, 1.807) is 0 Å². The van der Waals surface area contributed by atoms with Gasteiger partial charge in [-0.2, -0.15) is 0 Å². The zero-order valence-corrected chi connectivity index (χ0v) is 8.58. The van der Waals surface area contributed by atoms with E-state index in [0.29, 0.717) is 0 Å². The average Bonchev–Trinajstić information content (AvgIpc) is 2.08. The van der Waals surface area contributed by atoms with Gasteiger partial charge in [0.15, 0.2) is 0 Å². The Hall–Kier alpha value is -1.35. The lowest BCUT2D eigenvalue weighted by Crippen LogP contribution is -2.20. The van der Waals surface area contributed by atoms with E-state index >= 15 is 0 Å². The summed E-state index contributed by atoms with van der Waals surface area (Å²) in [5, 5.41) is 0. The molecule has 0 aromatic heterocycles. The van der Waals surface area contributed by atoms with Crippen molar-refractivity contribution in [1.29, 1.82) is 0 Å². The van der Waals surface area contributed by atoms with Crippen molar-refractivity contribution in [1.82, 2.24) is 0 Å². The minimum atomic E-state index is -0.365. The predicted octanol–water partition coefficient (Wildman–Crippen LogP) is 1.18. The molecule has 1 rings (SSSR count). The summed E-state index contributed by atoms with van der Waals surface area (Å²) in [6, 6.07) is 5.66. The van der Waals surface area contributed by atoms with Crippen LogP contribution in [0.1, 0.15) is 29.2 Å². The molecule has 4 N–H and O–H groups in total. The second-order valence-electron chi connectivity index (χ2n) is 3.62. The van der Waals surface area contributed by atoms with Crippen LogP contribution in [0, 0.1) is 13.8 Å². The molecular formula is C11H16N2O. The minimum Gasteiger partial charge on any atom is -0.370 e. The lowest BCUT2D eigenvalue weighted by molar-refractivity contribution is -0.118. The second-order valence-corrected chi connectivity index (χ2v) is 3.62. The minimum absolute atomic E-state index is 0.197. The number of amides is 1. The van der Waals surface area contributed by atoms with Crippen LogP contribution >= 0.6 is 0 Å². The Morgan fingerprint density at radius 2 is 2.00 bits per heavy atom. The van der Waals surface area contributed by atoms with E-state index in [1.165, 1.54) is 11.1 Å². The summed E-state index contributed by atoms with van der Waals surface area (Å²) in [4.78, 5) is 10.7. The fourth-order valence-electron chi connectivity index (χ4n) is 1.33. The van der Waals surface area contributed by atoms with E-state index in [1.807, 2.05) is 32.0 Å². The molecule has 0 heterocycles. The average molecular weight is 192 g/mol. The van der Waals surface area contributed by atoms with Gasteiger partial charge in [0.25, 0.3) is 0 Å². The van der Waals surface area contributed by atoms with Crippen LogP contribution in [-0.2, 0) is 4.79 Å². The number of carbonyl (C=O) groups excluding carboxylic acids is 1. The molecule has 14 heavy (non-hydrogen) atoms. The van der Waals surface area contributed by atoms with Gasteiger partial charge >= 0.3 is 0 Å². The number of carbonyl (C=O) groups is 1. The number of hydrogen-bond donors (Lipinski definition) is 2. The summed E-state index contributed by atoms with van der Waals surface area (Å²) in [6.45, 7) is 4.06. The van der Waals surface area contributed by atoms with E-state index in [0.717, 1.165) is 5.56 Å². The number of benzene rings is 1. The number of aryl methyl sites for hydroxylation is 2. The van der Waals surface area contributed by atoms with Gasteiger partial charge < -0.3 is 11.5 Å². The van der Waals surface area contributed by atoms with E-state index in [-0.39, 0.29) is 18.4 Å². The highest BCUT2D eigenvalue weighted by Crippen LogP contribution is 2.17. The molecule has 0 saturated heterocycles. The molecule has 0 bridgehead atoms. The van der Waals surface area contributed by atoms with Gasteiger partial charge in [0.1, 0.15) is 0 Å². The van der Waals surface area contributed by atoms with Crippen molar-refractivity contribution in [2.45, 2.75) is 26.3 Å². The quantitative estimate of drug-likeness (QED) is 0.755. The molecule has 3 nitrogen and oxygen atoms in total. The molecule has 0 aliphatic rings. The maximum Gasteiger partial charge on any atom is 0.219 e. The van der Waals surface area contributed by atoms with E-state index in [2.05, 4.69) is 0 Å². The smallest absolute Gasteiger partial charge is 0.219 e. The highest BCUT2D eigenvalue weighted by molar-refractivity contribution is 5.74. The van der Waals surface area contributed by atoms with Crippen LogP contribution in [0.5, 0.6) is 0 Å². The van der Waals surface area contributed by atoms with Crippen molar-refractivity contribution >= 4 is 5.91 Å². The van der Waals surface area contributed by atoms with Crippen LogP contribution in [0.4, 0.5) is 0 Å². The molecule has 1 amide bonds. The van der Waals surface area contributed by atoms with Crippen LogP contribution < -0.4 is 11.5 Å². The van der Waals surface area contributed by atoms with Crippen molar-refractivity contribution in [2.24, 2.45) is 11.5 Å². The molecule has 0 spiro atoms. The SMILES string of the molecule is Cc1ccc([C@H](N)CC(N)=O)cc1C. The van der Waals surface area contributed by atoms with Crippen molar-refractivity contribution in [3.05, 3.63) is 34.9 Å². The summed E-state index contributed by atoms with van der Waals surface area (Å²) < 4.78 is 0. The maximum atomic E-state index is 10.7. The van der Waals surface area contributed by atoms with Gasteiger partial charge in [-0.05, 0) is 30.5 Å². The highest BCUT2D eigenvalue weighted by atomic mass is 16.1. The third-order valence-electron chi connectivity index (χ3n) is 2.38. The van der Waals surface area contributed by atoms with Crippen LogP contribution in [0.2, 0.25) is 0 Å². The van der Waals surface area contributed by atoms with Crippen LogP contribution in [0.15, 0.2) is 18.2 Å². The van der Waals surface area contributed by atoms with Gasteiger partial charge in [0, 0.05) is 12.5 Å². The van der Waals surface area contributed by atoms with Crippen molar-refractivity contribution in [3.63, 3.8) is 0 Å². The number of rotatable bonds is 3. The Morgan fingerprint density at radius 1 is 1.36 bits per heavy atom. The first-order valence-electron chi connectivity index (χ1n) is 4.61. The third-order valence-corrected chi connectivity index (χ3v) is 2.38. The molecular weight excluding hydrogens is 176 g/mol. The molecule has 3 heteroatoms. The molecule has 0 unspecified atom stereocenters. The van der Waals surface area contributed by atoms with Gasteiger partial charge in [-0.1, -0.05) is 18.2 Å². The fraction of sp³-hybridized carbons (Fsp3) is 0.364. The summed E-state index contributed by atoms with van der Waals surface area (Å²) in [6.07, 6.45) is 0.197. The van der Waals surface area contributed by atoms with Crippen molar-refractivity contribution in [3.8, 4) is 0 Å². The largest absolute Gasteiger partial charge is 0.370 e. The highest BCUT2D eigenvalue weighted by Gasteiger charge is 2.09. The van der Waals surface area contributed by atoms with E-state index in [4.69, 9.17) is 11.5 Å². The summed E-state index contributed by atoms with van der Waals surface area (Å²) >= 11 is 0. The first-order valence-corrected chi connectivity index (χ1v) is 4.61. The second kappa shape index (κ2) is 4.24. The van der Waals surface area contributed by atoms with Gasteiger partial charge in [0.2, 0.25) is 5.91 Å². The summed E-state index contributed by atoms with van der Waals surface area (Å²) in [5.41, 5.74) is 14.3. The Labute approximate surface area is 84.1 Å². The van der Waals surface area contributed by atoms with Crippen molar-refractivity contribution < 1.29 is 4.79 Å². The Morgan fingerprint density at radius 3 is 2.50 bits per heavy atom. The molecule has 1 atom stereocenters. The number of nitrogens with two attached hydrogens (primary N) is 2. The third kappa shape index (κ3) is 2.57. The van der Waals surface area contributed by atoms with E-state index in [9.17, 15) is 4.79 Å². The fourth-order valence-corrected chi connectivity index (χ4v) is 1.33. The first kappa shape index (κ1) is 10.7. The number of hydrogen-bond acceptors (Lipinski definition) is 2. The lowest BCUT2D eigenvalue weighted by atomic mass is 9.99. The van der Waals surface area contributed by atoms with Crippen LogP contribution in [0.25, 0.3) is 0 Å². The zero-order chi connectivity index (χ0) is 10.7. The molecule has 76 valence electrons. The van der Waals surface area contributed by atoms with Crippen molar-refractivity contribution in [2.75, 3.05) is 0 Å². The monoisotopic (exact) mass is 192 g/mol. The molecule has 1 aromatic rings.